The minimum atomic E-state index is -3.84. The van der Waals surface area contributed by atoms with E-state index in [2.05, 4.69) is 0 Å². The fourth-order valence-corrected chi connectivity index (χ4v) is 4.99. The molecule has 0 unspecified atom stereocenters. The van der Waals surface area contributed by atoms with Crippen LogP contribution in [0, 0.1) is 23.0 Å². The first-order valence-corrected chi connectivity index (χ1v) is 11.1. The van der Waals surface area contributed by atoms with Crippen molar-refractivity contribution in [1.82, 2.24) is 14.1 Å². The van der Waals surface area contributed by atoms with E-state index >= 15 is 0 Å². The van der Waals surface area contributed by atoms with Gasteiger partial charge in [-0.25, -0.2) is 17.2 Å². The van der Waals surface area contributed by atoms with E-state index in [1.807, 2.05) is 6.07 Å². The zero-order chi connectivity index (χ0) is 22.6. The molecule has 0 saturated carbocycles. The van der Waals surface area contributed by atoms with Gasteiger partial charge in [0.15, 0.2) is 0 Å². The van der Waals surface area contributed by atoms with Crippen LogP contribution >= 0.6 is 0 Å². The Morgan fingerprint density at radius 2 is 1.81 bits per heavy atom. The van der Waals surface area contributed by atoms with Crippen molar-refractivity contribution in [2.75, 3.05) is 39.8 Å². The van der Waals surface area contributed by atoms with Crippen molar-refractivity contribution in [2.24, 2.45) is 0 Å². The average molecular weight is 448 g/mol. The van der Waals surface area contributed by atoms with E-state index in [1.54, 1.807) is 29.0 Å². The molecule has 0 bridgehead atoms. The molecule has 1 saturated heterocycles. The maximum absolute atomic E-state index is 13.8. The van der Waals surface area contributed by atoms with Crippen molar-refractivity contribution in [2.45, 2.75) is 11.4 Å². The van der Waals surface area contributed by atoms with E-state index in [4.69, 9.17) is 0 Å². The summed E-state index contributed by atoms with van der Waals surface area (Å²) < 4.78 is 53.9. The van der Waals surface area contributed by atoms with Gasteiger partial charge in [0.05, 0.1) is 17.0 Å². The molecule has 10 heteroatoms. The molecule has 0 radical (unpaired) electrons. The molecule has 0 aromatic heterocycles. The van der Waals surface area contributed by atoms with Crippen molar-refractivity contribution in [3.05, 3.63) is 65.2 Å². The van der Waals surface area contributed by atoms with E-state index in [1.165, 1.54) is 22.5 Å². The highest BCUT2D eigenvalue weighted by Crippen LogP contribution is 2.21. The van der Waals surface area contributed by atoms with Crippen LogP contribution in [0.5, 0.6) is 0 Å². The number of likely N-dealkylation sites (N-methyl/N-ethyl adjacent to an activating group) is 1. The lowest BCUT2D eigenvalue weighted by Gasteiger charge is -2.35. The molecule has 2 aromatic rings. The first-order chi connectivity index (χ1) is 14.7. The number of hydrogen-bond donors (Lipinski definition) is 0. The summed E-state index contributed by atoms with van der Waals surface area (Å²) in [5, 5.41) is 9.18. The molecule has 7 nitrogen and oxygen atoms in total. The predicted molar refractivity (Wildman–Crippen MR) is 109 cm³/mol. The molecule has 3 rings (SSSR count). The van der Waals surface area contributed by atoms with Gasteiger partial charge in [0, 0.05) is 44.4 Å². The van der Waals surface area contributed by atoms with Crippen LogP contribution in [-0.4, -0.2) is 68.2 Å². The van der Waals surface area contributed by atoms with E-state index in [-0.39, 0.29) is 61.2 Å². The van der Waals surface area contributed by atoms with Gasteiger partial charge in [0.1, 0.15) is 17.7 Å². The van der Waals surface area contributed by atoms with E-state index in [0.717, 1.165) is 12.1 Å². The molecule has 0 N–H and O–H groups in total. The minimum Gasteiger partial charge on any atom is -0.339 e. The number of nitriles is 1. The highest BCUT2D eigenvalue weighted by molar-refractivity contribution is 7.89. The third-order valence-electron chi connectivity index (χ3n) is 5.08. The summed E-state index contributed by atoms with van der Waals surface area (Å²) in [7, 11) is -2.18. The SMILES string of the molecule is CN(CC(=O)N1CCN(S(=O)(=O)c2ccccc2C#N)CC1)Cc1ccc(F)cc1F. The van der Waals surface area contributed by atoms with Crippen molar-refractivity contribution in [1.29, 1.82) is 5.26 Å². The highest BCUT2D eigenvalue weighted by Gasteiger charge is 2.31. The number of amides is 1. The summed E-state index contributed by atoms with van der Waals surface area (Å²) in [6.45, 7) is 0.809. The summed E-state index contributed by atoms with van der Waals surface area (Å²) >= 11 is 0. The molecule has 1 heterocycles. The fraction of sp³-hybridized carbons (Fsp3) is 0.333. The van der Waals surface area contributed by atoms with Gasteiger partial charge in [0.2, 0.25) is 15.9 Å². The highest BCUT2D eigenvalue weighted by atomic mass is 32.2. The van der Waals surface area contributed by atoms with Crippen LogP contribution in [0.1, 0.15) is 11.1 Å². The smallest absolute Gasteiger partial charge is 0.244 e. The number of nitrogens with zero attached hydrogens (tertiary/aromatic N) is 4. The minimum absolute atomic E-state index is 0.0147. The number of benzene rings is 2. The normalized spacial score (nSPS) is 15.1. The van der Waals surface area contributed by atoms with Gasteiger partial charge < -0.3 is 4.90 Å². The molecular formula is C21H22F2N4O3S. The molecular weight excluding hydrogens is 426 g/mol. The second-order valence-electron chi connectivity index (χ2n) is 7.30. The molecule has 1 fully saturated rings. The van der Waals surface area contributed by atoms with Crippen LogP contribution in [0.3, 0.4) is 0 Å². The van der Waals surface area contributed by atoms with Crippen LogP contribution in [-0.2, 0) is 21.4 Å². The zero-order valence-corrected chi connectivity index (χ0v) is 17.8. The van der Waals surface area contributed by atoms with Crippen LogP contribution < -0.4 is 0 Å². The van der Waals surface area contributed by atoms with Crippen LogP contribution in [0.15, 0.2) is 47.4 Å². The summed E-state index contributed by atoms with van der Waals surface area (Å²) in [6.07, 6.45) is 0. The number of carbonyl (C=O) groups is 1. The first-order valence-electron chi connectivity index (χ1n) is 9.62. The average Bonchev–Trinajstić information content (AvgIpc) is 2.75. The number of hydrogen-bond acceptors (Lipinski definition) is 5. The molecule has 0 aliphatic carbocycles. The number of sulfonamides is 1. The van der Waals surface area contributed by atoms with E-state index < -0.39 is 21.7 Å². The number of rotatable bonds is 6. The summed E-state index contributed by atoms with van der Waals surface area (Å²) in [5.74, 6) is -1.54. The third kappa shape index (κ3) is 5.25. The topological polar surface area (TPSA) is 84.7 Å². The summed E-state index contributed by atoms with van der Waals surface area (Å²) in [5.41, 5.74) is 0.361. The maximum atomic E-state index is 13.8. The second-order valence-corrected chi connectivity index (χ2v) is 9.21. The van der Waals surface area contributed by atoms with Gasteiger partial charge >= 0.3 is 0 Å². The largest absolute Gasteiger partial charge is 0.339 e. The summed E-state index contributed by atoms with van der Waals surface area (Å²) in [4.78, 5) is 15.7. The Balaban J connectivity index is 1.57. The lowest BCUT2D eigenvalue weighted by molar-refractivity contribution is -0.133. The second kappa shape index (κ2) is 9.51. The van der Waals surface area contributed by atoms with Gasteiger partial charge in [-0.1, -0.05) is 18.2 Å². The Morgan fingerprint density at radius 3 is 2.45 bits per heavy atom. The van der Waals surface area contributed by atoms with Gasteiger partial charge in [-0.3, -0.25) is 9.69 Å². The Labute approximate surface area is 180 Å². The Morgan fingerprint density at radius 1 is 1.13 bits per heavy atom. The third-order valence-corrected chi connectivity index (χ3v) is 7.03. The zero-order valence-electron chi connectivity index (χ0n) is 17.0. The molecule has 1 aliphatic rings. The Kier molecular flexibility index (Phi) is 7.00. The fourth-order valence-electron chi connectivity index (χ4n) is 3.43. The van der Waals surface area contributed by atoms with Crippen LogP contribution in [0.2, 0.25) is 0 Å². The van der Waals surface area contributed by atoms with Crippen molar-refractivity contribution in [3.8, 4) is 6.07 Å². The number of carbonyl (C=O) groups excluding carboxylic acids is 1. The van der Waals surface area contributed by atoms with Crippen LogP contribution in [0.25, 0.3) is 0 Å². The van der Waals surface area contributed by atoms with Crippen molar-refractivity contribution < 1.29 is 22.0 Å². The van der Waals surface area contributed by atoms with Crippen molar-refractivity contribution in [3.63, 3.8) is 0 Å². The van der Waals surface area contributed by atoms with Gasteiger partial charge in [-0.05, 0) is 25.2 Å². The van der Waals surface area contributed by atoms with Gasteiger partial charge in [-0.15, -0.1) is 0 Å². The van der Waals surface area contributed by atoms with E-state index in [0.29, 0.717) is 0 Å². The maximum Gasteiger partial charge on any atom is 0.244 e. The van der Waals surface area contributed by atoms with Gasteiger partial charge in [0.25, 0.3) is 0 Å². The number of halogens is 2. The molecule has 31 heavy (non-hydrogen) atoms. The van der Waals surface area contributed by atoms with E-state index in [9.17, 15) is 27.3 Å². The monoisotopic (exact) mass is 448 g/mol. The lowest BCUT2D eigenvalue weighted by atomic mass is 10.2. The quantitative estimate of drug-likeness (QED) is 0.673. The molecule has 164 valence electrons. The standard InChI is InChI=1S/C21H22F2N4O3S/c1-25(14-17-6-7-18(22)12-19(17)23)15-21(28)26-8-10-27(11-9-26)31(29,30)20-5-3-2-4-16(20)13-24/h2-7,12H,8-11,14-15H2,1H3. The van der Waals surface area contributed by atoms with Crippen LogP contribution in [0.4, 0.5) is 8.78 Å². The Hall–Kier alpha value is -2.87. The summed E-state index contributed by atoms with van der Waals surface area (Å²) in [6, 6.07) is 11.2. The first kappa shape index (κ1) is 22.8. The number of piperazine rings is 1. The van der Waals surface area contributed by atoms with Crippen molar-refractivity contribution >= 4 is 15.9 Å². The molecule has 1 amide bonds. The molecule has 2 aromatic carbocycles. The van der Waals surface area contributed by atoms with Gasteiger partial charge in [-0.2, -0.15) is 9.57 Å². The predicted octanol–water partition coefficient (Wildman–Crippen LogP) is 1.80. The lowest BCUT2D eigenvalue weighted by Crippen LogP contribution is -2.52. The molecule has 0 spiro atoms. The Bertz CT molecular complexity index is 1110. The molecule has 0 atom stereocenters. The molecule has 1 aliphatic heterocycles.